The lowest BCUT2D eigenvalue weighted by Gasteiger charge is -1.48. The zero-order chi connectivity index (χ0) is 5.41. The molecule has 6 heavy (non-hydrogen) atoms. The molecule has 0 radical (unpaired) electrons. The highest BCUT2D eigenvalue weighted by Crippen LogP contribution is 1.56. The van der Waals surface area contributed by atoms with Crippen molar-refractivity contribution in [3.63, 3.8) is 0 Å². The fourth-order valence-electron chi connectivity index (χ4n) is 0. The van der Waals surface area contributed by atoms with Crippen LogP contribution in [0.4, 0.5) is 0 Å². The van der Waals surface area contributed by atoms with Crippen LogP contribution >= 0.6 is 11.6 Å². The van der Waals surface area contributed by atoms with Crippen molar-refractivity contribution in [1.29, 1.82) is 0 Å². The number of rotatable bonds is 0. The van der Waals surface area contributed by atoms with Gasteiger partial charge in [0.2, 0.25) is 5.75 Å². The highest BCUT2D eigenvalue weighted by atomic mass is 35.5. The molecule has 0 saturated carbocycles. The highest BCUT2D eigenvalue weighted by molar-refractivity contribution is 6.54. The van der Waals surface area contributed by atoms with Crippen LogP contribution in [0.1, 0.15) is 20.3 Å². The van der Waals surface area contributed by atoms with Gasteiger partial charge in [-0.05, 0) is 11.6 Å². The molecule has 0 aromatic heterocycles. The minimum Gasteiger partial charge on any atom is -0.285 e. The summed E-state index contributed by atoms with van der Waals surface area (Å²) in [5, 5.41) is 0. The van der Waals surface area contributed by atoms with Gasteiger partial charge in [-0.1, -0.05) is 20.3 Å². The van der Waals surface area contributed by atoms with E-state index in [1.807, 2.05) is 0 Å². The Kier molecular flexibility index (Phi) is 31.6. The molecule has 0 unspecified atom stereocenters. The van der Waals surface area contributed by atoms with Gasteiger partial charge >= 0.3 is 0 Å². The van der Waals surface area contributed by atoms with Gasteiger partial charge in [-0.2, -0.15) is 0 Å². The van der Waals surface area contributed by atoms with Crippen molar-refractivity contribution in [2.24, 2.45) is 0 Å². The molecule has 38 valence electrons. The van der Waals surface area contributed by atoms with Crippen LogP contribution in [0.15, 0.2) is 0 Å². The van der Waals surface area contributed by atoms with Crippen molar-refractivity contribution in [3.05, 3.63) is 0 Å². The van der Waals surface area contributed by atoms with Gasteiger partial charge in [-0.25, -0.2) is 0 Å². The largest absolute Gasteiger partial charge is 0.285 e. The Labute approximate surface area is 43.3 Å². The van der Waals surface area contributed by atoms with Crippen molar-refractivity contribution in [2.75, 3.05) is 0 Å². The van der Waals surface area contributed by atoms with Crippen LogP contribution in [0.2, 0.25) is 0 Å². The molecule has 0 aliphatic carbocycles. The molecule has 0 aromatic carbocycles. The summed E-state index contributed by atoms with van der Waals surface area (Å²) in [7, 11) is 0. The first-order valence-corrected chi connectivity index (χ1v) is 2.30. The van der Waals surface area contributed by atoms with Crippen molar-refractivity contribution in [1.82, 2.24) is 0 Å². The molecule has 0 heterocycles. The van der Waals surface area contributed by atoms with Crippen LogP contribution in [-0.2, 0) is 4.79 Å². The van der Waals surface area contributed by atoms with Gasteiger partial charge < -0.3 is 0 Å². The van der Waals surface area contributed by atoms with Gasteiger partial charge in [0.15, 0.2) is 0 Å². The van der Waals surface area contributed by atoms with E-state index in [0.717, 1.165) is 0 Å². The van der Waals surface area contributed by atoms with Gasteiger partial charge in [0, 0.05) is 0 Å². The highest BCUT2D eigenvalue weighted by Gasteiger charge is 1.35. The number of halogens is 1. The zero-order valence-corrected chi connectivity index (χ0v) is 4.83. The van der Waals surface area contributed by atoms with E-state index in [9.17, 15) is 0 Å². The third-order valence-electron chi connectivity index (χ3n) is 0. The first-order chi connectivity index (χ1) is 2.83. The first-order valence-electron chi connectivity index (χ1n) is 1.87. The standard InChI is InChI=1S/C3H8.CHClO/c1-3-2;2-1-3/h3H2,1-2H3;1H. The Bertz CT molecular complexity index is 21.5. The van der Waals surface area contributed by atoms with E-state index in [-0.39, 0.29) is 5.75 Å². The third-order valence-corrected chi connectivity index (χ3v) is 0. The Morgan fingerprint density at radius 2 is 1.67 bits per heavy atom. The Hall–Kier alpha value is -0.0400. The molecule has 0 fully saturated rings. The monoisotopic (exact) mass is 108 g/mol. The number of hydrogen-bond acceptors (Lipinski definition) is 1. The summed E-state index contributed by atoms with van der Waals surface area (Å²) in [6.07, 6.45) is 1.25. The van der Waals surface area contributed by atoms with Crippen LogP contribution in [0.3, 0.4) is 0 Å². The van der Waals surface area contributed by atoms with Crippen LogP contribution in [0.25, 0.3) is 0 Å². The van der Waals surface area contributed by atoms with E-state index < -0.39 is 0 Å². The average molecular weight is 109 g/mol. The number of carbonyl (C=O) groups is 1. The van der Waals surface area contributed by atoms with Crippen LogP contribution in [0, 0.1) is 0 Å². The second kappa shape index (κ2) is 20.2. The predicted octanol–water partition coefficient (Wildman–Crippen LogP) is 1.83. The van der Waals surface area contributed by atoms with E-state index in [4.69, 9.17) is 4.79 Å². The summed E-state index contributed by atoms with van der Waals surface area (Å²) in [6, 6.07) is 0. The van der Waals surface area contributed by atoms with Gasteiger partial charge in [-0.15, -0.1) is 0 Å². The first kappa shape index (κ1) is 9.35. The second-order valence-corrected chi connectivity index (χ2v) is 0.974. The molecule has 0 bridgehead atoms. The third kappa shape index (κ3) is 21700. The Morgan fingerprint density at radius 1 is 1.67 bits per heavy atom. The van der Waals surface area contributed by atoms with Gasteiger partial charge in [-0.3, -0.25) is 4.79 Å². The molecule has 0 aromatic rings. The number of hydrogen-bond donors (Lipinski definition) is 0. The lowest BCUT2D eigenvalue weighted by molar-refractivity contribution is 0.569. The molecule has 1 nitrogen and oxygen atoms in total. The molecule has 0 saturated heterocycles. The summed E-state index contributed by atoms with van der Waals surface area (Å²) in [5.41, 5.74) is 0. The minimum atomic E-state index is 0.222. The van der Waals surface area contributed by atoms with E-state index in [1.54, 1.807) is 0 Å². The Balaban J connectivity index is 0. The number of carbonyl (C=O) groups excluding carboxylic acids is 1. The lowest BCUT2D eigenvalue weighted by Crippen LogP contribution is -1.27. The SMILES string of the molecule is CCC.O=CCl. The van der Waals surface area contributed by atoms with Crippen LogP contribution < -0.4 is 0 Å². The zero-order valence-electron chi connectivity index (χ0n) is 4.07. The maximum absolute atomic E-state index is 8.57. The summed E-state index contributed by atoms with van der Waals surface area (Å²) in [6.45, 7) is 4.25. The molecule has 0 amide bonds. The minimum absolute atomic E-state index is 0.222. The molecule has 0 rings (SSSR count). The molecule has 2 heteroatoms. The van der Waals surface area contributed by atoms with E-state index >= 15 is 0 Å². The summed E-state index contributed by atoms with van der Waals surface area (Å²) in [5.74, 6) is 0.222. The van der Waals surface area contributed by atoms with Crippen LogP contribution in [0.5, 0.6) is 0 Å². The normalized spacial score (nSPS) is 5.17. The van der Waals surface area contributed by atoms with Gasteiger partial charge in [0.25, 0.3) is 0 Å². The maximum Gasteiger partial charge on any atom is 0.208 e. The average Bonchev–Trinajstić information content (AvgIpc) is 1.39. The fourth-order valence-corrected chi connectivity index (χ4v) is 0. The Morgan fingerprint density at radius 3 is 1.67 bits per heavy atom. The van der Waals surface area contributed by atoms with Gasteiger partial charge in [0.05, 0.1) is 0 Å². The summed E-state index contributed by atoms with van der Waals surface area (Å²) >= 11 is 4.32. The molecule has 0 spiro atoms. The molecular weight excluding hydrogens is 99.5 g/mol. The van der Waals surface area contributed by atoms with Crippen molar-refractivity contribution >= 4 is 17.3 Å². The fraction of sp³-hybridized carbons (Fsp3) is 0.750. The van der Waals surface area contributed by atoms with E-state index in [2.05, 4.69) is 25.4 Å². The second-order valence-electron chi connectivity index (χ2n) is 0.796. The molecule has 0 atom stereocenters. The van der Waals surface area contributed by atoms with Gasteiger partial charge in [0.1, 0.15) is 0 Å². The summed E-state index contributed by atoms with van der Waals surface area (Å²) in [4.78, 5) is 8.57. The smallest absolute Gasteiger partial charge is 0.208 e. The quantitative estimate of drug-likeness (QED) is 0.342. The summed E-state index contributed by atoms with van der Waals surface area (Å²) < 4.78 is 0. The van der Waals surface area contributed by atoms with E-state index in [0.29, 0.717) is 0 Å². The van der Waals surface area contributed by atoms with Crippen LogP contribution in [-0.4, -0.2) is 5.75 Å². The lowest BCUT2D eigenvalue weighted by atomic mass is 10.6. The molecular formula is C4H9ClO. The van der Waals surface area contributed by atoms with Crippen molar-refractivity contribution in [3.8, 4) is 0 Å². The van der Waals surface area contributed by atoms with Crippen molar-refractivity contribution < 1.29 is 4.79 Å². The molecule has 0 N–H and O–H groups in total. The molecule has 0 aliphatic heterocycles. The predicted molar refractivity (Wildman–Crippen MR) is 28.6 cm³/mol. The van der Waals surface area contributed by atoms with Crippen molar-refractivity contribution in [2.45, 2.75) is 20.3 Å². The topological polar surface area (TPSA) is 17.1 Å². The van der Waals surface area contributed by atoms with E-state index in [1.165, 1.54) is 6.42 Å². The maximum atomic E-state index is 8.57. The molecule has 0 aliphatic rings.